The van der Waals surface area contributed by atoms with Crippen LogP contribution in [-0.4, -0.2) is 82.8 Å². The first-order valence-corrected chi connectivity index (χ1v) is 13.2. The van der Waals surface area contributed by atoms with E-state index in [4.69, 9.17) is 4.74 Å². The number of carboxylic acids is 1. The lowest BCUT2D eigenvalue weighted by Crippen LogP contribution is -2.48. The maximum Gasteiger partial charge on any atom is 0.341 e. The van der Waals surface area contributed by atoms with Crippen LogP contribution in [0.25, 0.3) is 38.6 Å². The Hall–Kier alpha value is -4.55. The van der Waals surface area contributed by atoms with Gasteiger partial charge in [-0.1, -0.05) is 6.07 Å². The van der Waals surface area contributed by atoms with E-state index in [9.17, 15) is 19.1 Å². The molecule has 0 radical (unpaired) electrons. The van der Waals surface area contributed by atoms with Gasteiger partial charge in [0.05, 0.1) is 46.4 Å². The molecule has 12 heteroatoms. The van der Waals surface area contributed by atoms with Crippen molar-refractivity contribution in [2.45, 2.75) is 12.1 Å². The molecule has 3 N–H and O–H groups in total. The fourth-order valence-corrected chi connectivity index (χ4v) is 6.24. The second kappa shape index (κ2) is 9.25. The Balaban J connectivity index is 1.54. The second-order valence-electron chi connectivity index (χ2n) is 10.5. The first-order valence-electron chi connectivity index (χ1n) is 13.2. The van der Waals surface area contributed by atoms with Crippen LogP contribution in [0.1, 0.15) is 10.4 Å². The normalized spacial score (nSPS) is 19.4. The Morgan fingerprint density at radius 1 is 1.20 bits per heavy atom. The molecule has 0 bridgehead atoms. The molecule has 0 amide bonds. The number of likely N-dealkylation sites (N-methyl/N-ethyl adjacent to an activating group) is 1. The summed E-state index contributed by atoms with van der Waals surface area (Å²) < 4.78 is 37.9. The molecule has 10 nitrogen and oxygen atoms in total. The number of nitrogens with zero attached hydrogens (tertiary/aromatic N) is 4. The highest BCUT2D eigenvalue weighted by Gasteiger charge is 2.40. The molecule has 5 aromatic rings. The number of benzene rings is 1. The molecular weight excluding hydrogens is 534 g/mol. The van der Waals surface area contributed by atoms with Gasteiger partial charge >= 0.3 is 5.97 Å². The van der Waals surface area contributed by atoms with Crippen molar-refractivity contribution in [3.05, 3.63) is 70.3 Å². The first kappa shape index (κ1) is 25.4. The molecule has 41 heavy (non-hydrogen) atoms. The highest BCUT2D eigenvalue weighted by molar-refractivity contribution is 6.18. The summed E-state index contributed by atoms with van der Waals surface area (Å²) >= 11 is 0. The van der Waals surface area contributed by atoms with Gasteiger partial charge in [0.25, 0.3) is 5.56 Å². The van der Waals surface area contributed by atoms with E-state index in [-0.39, 0.29) is 23.1 Å². The number of nitrogens with one attached hydrogen (secondary N) is 2. The monoisotopic (exact) mass is 560 g/mol. The number of aromatic carboxylic acids is 1. The maximum absolute atomic E-state index is 15.6. The molecule has 4 aromatic heterocycles. The summed E-state index contributed by atoms with van der Waals surface area (Å²) in [4.78, 5) is 36.8. The molecule has 0 aliphatic carbocycles. The summed E-state index contributed by atoms with van der Waals surface area (Å²) in [6, 6.07) is 7.56. The van der Waals surface area contributed by atoms with Crippen molar-refractivity contribution < 1.29 is 23.4 Å². The third kappa shape index (κ3) is 3.78. The van der Waals surface area contributed by atoms with Crippen LogP contribution in [0.2, 0.25) is 0 Å². The van der Waals surface area contributed by atoms with Crippen LogP contribution in [0.5, 0.6) is 0 Å². The van der Waals surface area contributed by atoms with Crippen LogP contribution < -0.4 is 15.8 Å². The number of rotatable bonds is 4. The minimum atomic E-state index is -1.32. The number of aromatic amines is 1. The number of fused-ring (bicyclic) bond motifs is 5. The molecule has 0 spiro atoms. The number of pyridine rings is 3. The van der Waals surface area contributed by atoms with E-state index in [0.717, 1.165) is 12.6 Å². The Labute approximate surface area is 231 Å². The average Bonchev–Trinajstić information content (AvgIpc) is 3.57. The van der Waals surface area contributed by atoms with Gasteiger partial charge in [0.1, 0.15) is 11.2 Å². The van der Waals surface area contributed by atoms with Crippen molar-refractivity contribution in [1.82, 2.24) is 19.3 Å². The Morgan fingerprint density at radius 2 is 2.00 bits per heavy atom. The minimum absolute atomic E-state index is 0.0731. The van der Waals surface area contributed by atoms with Gasteiger partial charge in [0.2, 0.25) is 0 Å². The van der Waals surface area contributed by atoms with Gasteiger partial charge in [-0.05, 0) is 25.2 Å². The number of carboxylic acid groups (broad SMARTS) is 1. The van der Waals surface area contributed by atoms with Crippen LogP contribution in [0.4, 0.5) is 20.2 Å². The summed E-state index contributed by atoms with van der Waals surface area (Å²) in [7, 11) is 3.68. The van der Waals surface area contributed by atoms with Crippen LogP contribution >= 0.6 is 0 Å². The van der Waals surface area contributed by atoms with E-state index >= 15 is 4.39 Å². The largest absolute Gasteiger partial charge is 0.477 e. The van der Waals surface area contributed by atoms with Crippen molar-refractivity contribution in [3.63, 3.8) is 0 Å². The van der Waals surface area contributed by atoms with E-state index in [1.165, 1.54) is 10.5 Å². The summed E-state index contributed by atoms with van der Waals surface area (Å²) in [6.45, 7) is 2.47. The van der Waals surface area contributed by atoms with Gasteiger partial charge in [-0.15, -0.1) is 0 Å². The third-order valence-electron chi connectivity index (χ3n) is 8.32. The van der Waals surface area contributed by atoms with Gasteiger partial charge in [-0.2, -0.15) is 0 Å². The molecule has 2 fully saturated rings. The summed E-state index contributed by atoms with van der Waals surface area (Å²) in [6.07, 6.45) is 3.12. The summed E-state index contributed by atoms with van der Waals surface area (Å²) in [5.74, 6) is -3.30. The molecule has 1 aromatic carbocycles. The molecule has 2 saturated heterocycles. The molecule has 7 rings (SSSR count). The van der Waals surface area contributed by atoms with Crippen LogP contribution in [0, 0.1) is 11.6 Å². The molecule has 2 aliphatic heterocycles. The van der Waals surface area contributed by atoms with E-state index < -0.39 is 23.2 Å². The standard InChI is InChI=1S/C29H26F2N6O4/c1-32-19-9-18(30)24(31)22-23-26(36-12-20-21(13-36)41-8-7-35(20)2)17(10-33-27(23)34-25(19)22)14-3-4-15-5-6-16(29(39)40)28(38)37(15)11-14/h3-6,9-11,20-21,32H,7-8,12-13H2,1-2H3,(H,33,34)(H,39,40)/t20-,21+/m0/s1. The fraction of sp³-hybridized carbons (Fsp3) is 0.276. The molecule has 0 saturated carbocycles. The van der Waals surface area contributed by atoms with Gasteiger partial charge < -0.3 is 25.0 Å². The number of hydrogen-bond donors (Lipinski definition) is 3. The number of H-pyrrole nitrogens is 1. The third-order valence-corrected chi connectivity index (χ3v) is 8.32. The zero-order chi connectivity index (χ0) is 28.6. The molecule has 210 valence electrons. The number of aromatic nitrogens is 3. The van der Waals surface area contributed by atoms with Crippen molar-refractivity contribution in [1.29, 1.82) is 0 Å². The molecule has 2 atom stereocenters. The quantitative estimate of drug-likeness (QED) is 0.306. The van der Waals surface area contributed by atoms with Gasteiger partial charge in [-0.3, -0.25) is 14.1 Å². The smallest absolute Gasteiger partial charge is 0.341 e. The summed E-state index contributed by atoms with van der Waals surface area (Å²) in [5.41, 5.74) is 2.43. The number of halogens is 2. The van der Waals surface area contributed by atoms with Crippen molar-refractivity contribution >= 4 is 44.8 Å². The SMILES string of the molecule is CNc1cc(F)c(F)c2c1[nH]c1ncc(-c3ccc4ccc(C(=O)O)c(=O)n4c3)c(N3C[C@H]4OCCN(C)[C@H]4C3)c12. The van der Waals surface area contributed by atoms with E-state index in [0.29, 0.717) is 64.3 Å². The fourth-order valence-electron chi connectivity index (χ4n) is 6.24. The zero-order valence-corrected chi connectivity index (χ0v) is 22.2. The number of morpholine rings is 1. The van der Waals surface area contributed by atoms with Gasteiger partial charge in [-0.25, -0.2) is 18.6 Å². The second-order valence-corrected chi connectivity index (χ2v) is 10.5. The number of ether oxygens (including phenoxy) is 1. The van der Waals surface area contributed by atoms with E-state index in [1.807, 2.05) is 7.05 Å². The Morgan fingerprint density at radius 3 is 2.76 bits per heavy atom. The number of hydrogen-bond acceptors (Lipinski definition) is 7. The number of carbonyl (C=O) groups is 1. The lowest BCUT2D eigenvalue weighted by atomic mass is 10.0. The van der Waals surface area contributed by atoms with Crippen LogP contribution in [0.15, 0.2) is 47.5 Å². The van der Waals surface area contributed by atoms with Crippen molar-refractivity contribution in [2.75, 3.05) is 50.6 Å². The topological polar surface area (TPSA) is 115 Å². The highest BCUT2D eigenvalue weighted by atomic mass is 19.2. The van der Waals surface area contributed by atoms with Gasteiger partial charge in [0, 0.05) is 61.8 Å². The van der Waals surface area contributed by atoms with Crippen molar-refractivity contribution in [3.8, 4) is 11.1 Å². The lowest BCUT2D eigenvalue weighted by Gasteiger charge is -2.33. The molecule has 2 aliphatic rings. The zero-order valence-electron chi connectivity index (χ0n) is 22.2. The van der Waals surface area contributed by atoms with Gasteiger partial charge in [0.15, 0.2) is 11.6 Å². The van der Waals surface area contributed by atoms with Crippen LogP contribution in [-0.2, 0) is 4.74 Å². The van der Waals surface area contributed by atoms with E-state index in [1.54, 1.807) is 37.6 Å². The average molecular weight is 561 g/mol. The molecular formula is C29H26F2N6O4. The van der Waals surface area contributed by atoms with E-state index in [2.05, 4.69) is 25.1 Å². The molecule has 0 unspecified atom stereocenters. The minimum Gasteiger partial charge on any atom is -0.477 e. The maximum atomic E-state index is 15.6. The number of anilines is 2. The van der Waals surface area contributed by atoms with Crippen molar-refractivity contribution in [2.24, 2.45) is 0 Å². The summed E-state index contributed by atoms with van der Waals surface area (Å²) in [5, 5.41) is 12.9. The lowest BCUT2D eigenvalue weighted by molar-refractivity contribution is -0.0362. The Kier molecular flexibility index (Phi) is 5.73. The first-order chi connectivity index (χ1) is 19.8. The molecule has 6 heterocycles. The predicted molar refractivity (Wildman–Crippen MR) is 151 cm³/mol. The predicted octanol–water partition coefficient (Wildman–Crippen LogP) is 3.53. The van der Waals surface area contributed by atoms with Crippen LogP contribution in [0.3, 0.4) is 0 Å². The Bertz CT molecular complexity index is 1950. The highest BCUT2D eigenvalue weighted by Crippen LogP contribution is 2.44.